The average Bonchev–Trinajstić information content (AvgIpc) is 2.73. The van der Waals surface area contributed by atoms with Crippen LogP contribution in [-0.2, 0) is 17.6 Å². The molecule has 0 aliphatic carbocycles. The van der Waals surface area contributed by atoms with Crippen molar-refractivity contribution >= 4 is 16.9 Å². The van der Waals surface area contributed by atoms with E-state index in [9.17, 15) is 9.59 Å². The first-order chi connectivity index (χ1) is 14.4. The molecule has 30 heavy (non-hydrogen) atoms. The topological polar surface area (TPSA) is 77.8 Å². The van der Waals surface area contributed by atoms with E-state index in [1.54, 1.807) is 20.3 Å². The van der Waals surface area contributed by atoms with E-state index in [2.05, 4.69) is 11.4 Å². The smallest absolute Gasteiger partial charge is 0.339 e. The summed E-state index contributed by atoms with van der Waals surface area (Å²) in [5, 5.41) is 3.76. The van der Waals surface area contributed by atoms with Crippen molar-refractivity contribution in [2.24, 2.45) is 0 Å². The number of hydrogen-bond donors (Lipinski definition) is 1. The van der Waals surface area contributed by atoms with Crippen LogP contribution < -0.4 is 20.4 Å². The SMILES string of the molecule is COc1ccc2c(C)c(CCC(=O)NCCc3cc(C)ccc3OC)c(=O)oc2c1. The lowest BCUT2D eigenvalue weighted by Crippen LogP contribution is -2.26. The average molecular weight is 409 g/mol. The van der Waals surface area contributed by atoms with E-state index in [1.165, 1.54) is 0 Å². The fraction of sp³-hybridized carbons (Fsp3) is 0.333. The molecular weight excluding hydrogens is 382 g/mol. The van der Waals surface area contributed by atoms with E-state index in [-0.39, 0.29) is 12.3 Å². The quantitative estimate of drug-likeness (QED) is 0.574. The number of ether oxygens (including phenoxy) is 2. The lowest BCUT2D eigenvalue weighted by atomic mass is 10.0. The molecule has 1 amide bonds. The van der Waals surface area contributed by atoms with Gasteiger partial charge in [0.25, 0.3) is 0 Å². The number of benzene rings is 2. The van der Waals surface area contributed by atoms with Crippen LogP contribution >= 0.6 is 0 Å². The van der Waals surface area contributed by atoms with Gasteiger partial charge in [-0.25, -0.2) is 4.79 Å². The van der Waals surface area contributed by atoms with Crippen LogP contribution in [0.5, 0.6) is 11.5 Å². The van der Waals surface area contributed by atoms with Crippen LogP contribution in [0.1, 0.15) is 28.7 Å². The zero-order valence-electron chi connectivity index (χ0n) is 17.8. The van der Waals surface area contributed by atoms with Crippen molar-refractivity contribution in [3.63, 3.8) is 0 Å². The van der Waals surface area contributed by atoms with E-state index in [1.807, 2.05) is 38.1 Å². The van der Waals surface area contributed by atoms with Gasteiger partial charge in [-0.3, -0.25) is 4.79 Å². The molecule has 0 saturated carbocycles. The summed E-state index contributed by atoms with van der Waals surface area (Å²) < 4.78 is 16.0. The summed E-state index contributed by atoms with van der Waals surface area (Å²) >= 11 is 0. The van der Waals surface area contributed by atoms with Crippen molar-refractivity contribution < 1.29 is 18.7 Å². The highest BCUT2D eigenvalue weighted by molar-refractivity contribution is 5.82. The Kier molecular flexibility index (Phi) is 6.77. The minimum atomic E-state index is -0.412. The third kappa shape index (κ3) is 4.82. The standard InChI is InChI=1S/C24H27NO5/c1-15-5-9-21(29-4)17(13-15)11-12-25-23(26)10-8-20-16(2)19-7-6-18(28-3)14-22(19)30-24(20)27/h5-7,9,13-14H,8,10-12H2,1-4H3,(H,25,26). The third-order valence-corrected chi connectivity index (χ3v) is 5.25. The largest absolute Gasteiger partial charge is 0.497 e. The Labute approximate surface area is 175 Å². The first-order valence-corrected chi connectivity index (χ1v) is 9.93. The fourth-order valence-corrected chi connectivity index (χ4v) is 3.56. The van der Waals surface area contributed by atoms with Crippen LogP contribution in [0, 0.1) is 13.8 Å². The van der Waals surface area contributed by atoms with E-state index < -0.39 is 5.63 Å². The number of methoxy groups -OCH3 is 2. The van der Waals surface area contributed by atoms with Gasteiger partial charge < -0.3 is 19.2 Å². The van der Waals surface area contributed by atoms with Crippen molar-refractivity contribution in [2.45, 2.75) is 33.1 Å². The number of hydrogen-bond acceptors (Lipinski definition) is 5. The molecule has 0 bridgehead atoms. The van der Waals surface area contributed by atoms with Gasteiger partial charge >= 0.3 is 5.63 Å². The van der Waals surface area contributed by atoms with Crippen molar-refractivity contribution in [3.05, 3.63) is 69.1 Å². The Morgan fingerprint density at radius 2 is 1.83 bits per heavy atom. The molecule has 0 atom stereocenters. The molecule has 2 aromatic carbocycles. The second kappa shape index (κ2) is 9.48. The predicted octanol–water partition coefficient (Wildman–Crippen LogP) is 3.72. The van der Waals surface area contributed by atoms with Crippen LogP contribution in [0.25, 0.3) is 11.0 Å². The molecule has 0 spiro atoms. The number of nitrogens with one attached hydrogen (secondary N) is 1. The molecule has 0 aliphatic heterocycles. The number of carbonyl (C=O) groups excluding carboxylic acids is 1. The predicted molar refractivity (Wildman–Crippen MR) is 117 cm³/mol. The number of rotatable bonds is 8. The van der Waals surface area contributed by atoms with Crippen molar-refractivity contribution in [3.8, 4) is 11.5 Å². The Balaban J connectivity index is 1.61. The molecule has 0 aliphatic rings. The number of carbonyl (C=O) groups is 1. The minimum absolute atomic E-state index is 0.102. The summed E-state index contributed by atoms with van der Waals surface area (Å²) in [6.45, 7) is 4.40. The van der Waals surface area contributed by atoms with Gasteiger partial charge in [0.15, 0.2) is 0 Å². The van der Waals surface area contributed by atoms with E-state index in [0.717, 1.165) is 27.8 Å². The van der Waals surface area contributed by atoms with Crippen molar-refractivity contribution in [1.29, 1.82) is 0 Å². The molecule has 3 aromatic rings. The van der Waals surface area contributed by atoms with Gasteiger partial charge in [-0.15, -0.1) is 0 Å². The zero-order chi connectivity index (χ0) is 21.7. The van der Waals surface area contributed by atoms with Gasteiger partial charge in [-0.05, 0) is 56.0 Å². The van der Waals surface area contributed by atoms with Crippen molar-refractivity contribution in [2.75, 3.05) is 20.8 Å². The Morgan fingerprint density at radius 1 is 1.03 bits per heavy atom. The summed E-state index contributed by atoms with van der Waals surface area (Å²) in [5.41, 5.74) is 3.64. The number of fused-ring (bicyclic) bond motifs is 1. The molecule has 0 saturated heterocycles. The molecular formula is C24H27NO5. The number of amides is 1. The highest BCUT2D eigenvalue weighted by atomic mass is 16.5. The Hall–Kier alpha value is -3.28. The zero-order valence-corrected chi connectivity index (χ0v) is 17.8. The van der Waals surface area contributed by atoms with E-state index >= 15 is 0 Å². The molecule has 158 valence electrons. The van der Waals surface area contributed by atoms with Crippen molar-refractivity contribution in [1.82, 2.24) is 5.32 Å². The van der Waals surface area contributed by atoms with E-state index in [0.29, 0.717) is 36.3 Å². The molecule has 3 rings (SSSR count). The van der Waals surface area contributed by atoms with Gasteiger partial charge in [-0.2, -0.15) is 0 Å². The van der Waals surface area contributed by atoms with Gasteiger partial charge in [-0.1, -0.05) is 17.7 Å². The van der Waals surface area contributed by atoms with Crippen LogP contribution in [0.2, 0.25) is 0 Å². The van der Waals surface area contributed by atoms with E-state index in [4.69, 9.17) is 13.9 Å². The minimum Gasteiger partial charge on any atom is -0.497 e. The van der Waals surface area contributed by atoms with Crippen LogP contribution in [0.3, 0.4) is 0 Å². The van der Waals surface area contributed by atoms with Gasteiger partial charge in [0.2, 0.25) is 5.91 Å². The first kappa shape index (κ1) is 21.4. The highest BCUT2D eigenvalue weighted by Gasteiger charge is 2.14. The summed E-state index contributed by atoms with van der Waals surface area (Å²) in [7, 11) is 3.20. The third-order valence-electron chi connectivity index (χ3n) is 5.25. The summed E-state index contributed by atoms with van der Waals surface area (Å²) in [6.07, 6.45) is 1.23. The normalized spacial score (nSPS) is 10.8. The summed E-state index contributed by atoms with van der Waals surface area (Å²) in [4.78, 5) is 24.7. The molecule has 1 aromatic heterocycles. The number of aryl methyl sites for hydroxylation is 2. The van der Waals surface area contributed by atoms with Gasteiger partial charge in [0, 0.05) is 30.0 Å². The molecule has 0 fully saturated rings. The molecule has 0 unspecified atom stereocenters. The molecule has 0 radical (unpaired) electrons. The maximum Gasteiger partial charge on any atom is 0.339 e. The Morgan fingerprint density at radius 3 is 2.57 bits per heavy atom. The van der Waals surface area contributed by atoms with Gasteiger partial charge in [0.05, 0.1) is 14.2 Å². The second-order valence-corrected chi connectivity index (χ2v) is 7.27. The van der Waals surface area contributed by atoms with Crippen LogP contribution in [0.4, 0.5) is 0 Å². The van der Waals surface area contributed by atoms with Crippen LogP contribution in [0.15, 0.2) is 45.6 Å². The monoisotopic (exact) mass is 409 g/mol. The molecule has 6 nitrogen and oxygen atoms in total. The lowest BCUT2D eigenvalue weighted by molar-refractivity contribution is -0.121. The first-order valence-electron chi connectivity index (χ1n) is 9.93. The maximum atomic E-state index is 12.4. The second-order valence-electron chi connectivity index (χ2n) is 7.27. The molecule has 6 heteroatoms. The van der Waals surface area contributed by atoms with Gasteiger partial charge in [0.1, 0.15) is 17.1 Å². The summed E-state index contributed by atoms with van der Waals surface area (Å²) in [6, 6.07) is 11.4. The summed E-state index contributed by atoms with van der Waals surface area (Å²) in [5.74, 6) is 1.34. The molecule has 1 heterocycles. The molecule has 1 N–H and O–H groups in total. The fourth-order valence-electron chi connectivity index (χ4n) is 3.56. The Bertz CT molecular complexity index is 1120. The highest BCUT2D eigenvalue weighted by Crippen LogP contribution is 2.24. The van der Waals surface area contributed by atoms with Crippen LogP contribution in [-0.4, -0.2) is 26.7 Å². The lowest BCUT2D eigenvalue weighted by Gasteiger charge is -2.11. The maximum absolute atomic E-state index is 12.4.